The molecule has 0 spiro atoms. The Morgan fingerprint density at radius 2 is 0.528 bits per heavy atom. The molecule has 0 radical (unpaired) electrons. The monoisotopic (exact) mass is 1250 g/mol. The molecule has 2 atom stereocenters. The minimum Gasteiger partial charge on any atom is -0.466 e. The van der Waals surface area contributed by atoms with Crippen molar-refractivity contribution in [1.82, 2.24) is 5.32 Å². The molecule has 1 amide bonds. The van der Waals surface area contributed by atoms with Gasteiger partial charge in [0.05, 0.1) is 25.4 Å². The number of hydrogen-bond donors (Lipinski definition) is 3. The number of nitrogens with one attached hydrogen (secondary N) is 1. The van der Waals surface area contributed by atoms with E-state index in [2.05, 4.69) is 31.3 Å². The molecule has 0 aliphatic rings. The number of amides is 1. The lowest BCUT2D eigenvalue weighted by Gasteiger charge is -2.22. The number of esters is 1. The minimum absolute atomic E-state index is 0.0152. The van der Waals surface area contributed by atoms with E-state index >= 15 is 0 Å². The molecule has 0 aliphatic carbocycles. The number of rotatable bonds is 79. The smallest absolute Gasteiger partial charge is 0.305 e. The van der Waals surface area contributed by atoms with Crippen molar-refractivity contribution in [3.05, 3.63) is 12.2 Å². The van der Waals surface area contributed by atoms with Gasteiger partial charge in [-0.1, -0.05) is 431 Å². The van der Waals surface area contributed by atoms with Crippen LogP contribution in [0.4, 0.5) is 0 Å². The molecule has 0 aliphatic heterocycles. The van der Waals surface area contributed by atoms with Gasteiger partial charge in [0.2, 0.25) is 5.91 Å². The summed E-state index contributed by atoms with van der Waals surface area (Å²) in [4.78, 5) is 24.6. The van der Waals surface area contributed by atoms with E-state index < -0.39 is 12.1 Å². The fourth-order valence-electron chi connectivity index (χ4n) is 13.5. The van der Waals surface area contributed by atoms with Crippen LogP contribution in [0, 0.1) is 0 Å². The molecular weight excluding hydrogens is 1090 g/mol. The van der Waals surface area contributed by atoms with Crippen molar-refractivity contribution >= 4 is 11.9 Å². The second-order valence-corrected chi connectivity index (χ2v) is 28.8. The topological polar surface area (TPSA) is 95.9 Å². The van der Waals surface area contributed by atoms with E-state index in [-0.39, 0.29) is 18.5 Å². The second-order valence-electron chi connectivity index (χ2n) is 28.8. The van der Waals surface area contributed by atoms with Crippen LogP contribution in [0.5, 0.6) is 0 Å². The van der Waals surface area contributed by atoms with Crippen molar-refractivity contribution < 1.29 is 24.5 Å². The van der Waals surface area contributed by atoms with Crippen LogP contribution in [0.25, 0.3) is 0 Å². The fraction of sp³-hybridized carbons (Fsp3) is 0.952. The lowest BCUT2D eigenvalue weighted by Crippen LogP contribution is -2.45. The van der Waals surface area contributed by atoms with E-state index in [9.17, 15) is 19.8 Å². The normalized spacial score (nSPS) is 12.4. The van der Waals surface area contributed by atoms with Crippen LogP contribution >= 0.6 is 0 Å². The van der Waals surface area contributed by atoms with Crippen molar-refractivity contribution in [2.75, 3.05) is 13.2 Å². The highest BCUT2D eigenvalue weighted by atomic mass is 16.5. The first kappa shape index (κ1) is 87.6. The van der Waals surface area contributed by atoms with Gasteiger partial charge in [0.1, 0.15) is 0 Å². The highest BCUT2D eigenvalue weighted by Crippen LogP contribution is 2.21. The predicted octanol–water partition coefficient (Wildman–Crippen LogP) is 27.4. The van der Waals surface area contributed by atoms with Crippen molar-refractivity contribution in [2.45, 2.75) is 495 Å². The van der Waals surface area contributed by atoms with Crippen LogP contribution in [0.1, 0.15) is 483 Å². The van der Waals surface area contributed by atoms with E-state index in [4.69, 9.17) is 4.74 Å². The van der Waals surface area contributed by atoms with Crippen LogP contribution in [0.15, 0.2) is 12.2 Å². The van der Waals surface area contributed by atoms with Gasteiger partial charge in [0.25, 0.3) is 0 Å². The third-order valence-electron chi connectivity index (χ3n) is 19.8. The molecular formula is C83H163NO5. The summed E-state index contributed by atoms with van der Waals surface area (Å²) >= 11 is 0. The summed E-state index contributed by atoms with van der Waals surface area (Å²) in [6.45, 7) is 4.99. The number of allylic oxidation sites excluding steroid dienone is 2. The lowest BCUT2D eigenvalue weighted by molar-refractivity contribution is -0.143. The van der Waals surface area contributed by atoms with Gasteiger partial charge in [-0.05, 0) is 51.4 Å². The van der Waals surface area contributed by atoms with Gasteiger partial charge >= 0.3 is 5.97 Å². The highest BCUT2D eigenvalue weighted by molar-refractivity contribution is 5.76. The first-order valence-corrected chi connectivity index (χ1v) is 41.4. The summed E-state index contributed by atoms with van der Waals surface area (Å²) in [5, 5.41) is 23.5. The third-order valence-corrected chi connectivity index (χ3v) is 19.8. The maximum Gasteiger partial charge on any atom is 0.305 e. The number of carbonyl (C=O) groups is 2. The molecule has 0 aromatic rings. The van der Waals surface area contributed by atoms with Crippen molar-refractivity contribution in [1.29, 1.82) is 0 Å². The van der Waals surface area contributed by atoms with E-state index in [1.54, 1.807) is 0 Å². The zero-order valence-electron chi connectivity index (χ0n) is 61.0. The van der Waals surface area contributed by atoms with Gasteiger partial charge in [-0.25, -0.2) is 0 Å². The van der Waals surface area contributed by atoms with Gasteiger partial charge in [-0.2, -0.15) is 0 Å². The Kier molecular flexibility index (Phi) is 77.8. The van der Waals surface area contributed by atoms with Crippen LogP contribution in [-0.2, 0) is 14.3 Å². The standard InChI is InChI=1S/C83H163NO5/c1-3-5-7-9-11-13-15-17-18-19-20-21-39-42-45-48-52-55-59-63-67-71-75-81(86)80(79-85)84-82(87)76-72-68-64-60-56-53-49-46-43-40-37-35-33-31-29-27-25-23-22-24-26-28-30-32-34-36-38-41-44-47-50-54-58-62-66-70-74-78-89-83(88)77-73-69-65-61-57-51-16-14-12-10-8-6-4-2/h14,16,80-81,85-86H,3-13,15,17-79H2,1-2H3,(H,84,87)/b16-14-. The molecule has 89 heavy (non-hydrogen) atoms. The molecule has 3 N–H and O–H groups in total. The van der Waals surface area contributed by atoms with E-state index in [0.717, 1.165) is 44.9 Å². The lowest BCUT2D eigenvalue weighted by atomic mass is 10.0. The molecule has 0 rings (SSSR count). The summed E-state index contributed by atoms with van der Waals surface area (Å²) in [7, 11) is 0. The Hall–Kier alpha value is -1.40. The molecule has 0 heterocycles. The minimum atomic E-state index is -0.661. The summed E-state index contributed by atoms with van der Waals surface area (Å²) < 4.78 is 5.49. The molecule has 530 valence electrons. The molecule has 0 saturated heterocycles. The summed E-state index contributed by atoms with van der Waals surface area (Å²) in [5.74, 6) is -0.00788. The van der Waals surface area contributed by atoms with Crippen molar-refractivity contribution in [3.63, 3.8) is 0 Å². The van der Waals surface area contributed by atoms with Gasteiger partial charge < -0.3 is 20.3 Å². The molecule has 2 unspecified atom stereocenters. The van der Waals surface area contributed by atoms with Crippen LogP contribution in [0.2, 0.25) is 0 Å². The Balaban J connectivity index is 3.30. The van der Waals surface area contributed by atoms with E-state index in [0.29, 0.717) is 25.9 Å². The first-order valence-electron chi connectivity index (χ1n) is 41.4. The zero-order chi connectivity index (χ0) is 64.2. The van der Waals surface area contributed by atoms with Crippen LogP contribution in [-0.4, -0.2) is 47.4 Å². The summed E-state index contributed by atoms with van der Waals surface area (Å²) in [6, 6.07) is -0.537. The number of unbranched alkanes of at least 4 members (excludes halogenated alkanes) is 66. The molecule has 0 saturated carbocycles. The Morgan fingerprint density at radius 3 is 0.809 bits per heavy atom. The van der Waals surface area contributed by atoms with Crippen molar-refractivity contribution in [2.24, 2.45) is 0 Å². The largest absolute Gasteiger partial charge is 0.466 e. The maximum atomic E-state index is 12.6. The van der Waals surface area contributed by atoms with E-state index in [1.807, 2.05) is 0 Å². The average Bonchev–Trinajstić information content (AvgIpc) is 3.55. The second kappa shape index (κ2) is 79.0. The Morgan fingerprint density at radius 1 is 0.303 bits per heavy atom. The number of aliphatic hydroxyl groups is 2. The van der Waals surface area contributed by atoms with Gasteiger partial charge in [0, 0.05) is 12.8 Å². The number of aliphatic hydroxyl groups excluding tert-OH is 2. The van der Waals surface area contributed by atoms with Gasteiger partial charge in [0.15, 0.2) is 0 Å². The molecule has 0 fully saturated rings. The van der Waals surface area contributed by atoms with Crippen molar-refractivity contribution in [3.8, 4) is 0 Å². The molecule has 6 heteroatoms. The number of ether oxygens (including phenoxy) is 1. The molecule has 0 bridgehead atoms. The van der Waals surface area contributed by atoms with Gasteiger partial charge in [-0.3, -0.25) is 9.59 Å². The predicted molar refractivity (Wildman–Crippen MR) is 394 cm³/mol. The SMILES string of the molecule is CCCCCC/C=C\CCCCCCCC(=O)OCCCCCCCCCCCCCCCCCCCCCCCCCCCCCCCCCCCCCCCC(=O)NC(CO)C(O)CCCCCCCCCCCCCCCCCCCCCCCC. The Labute approximate surface area is 559 Å². The maximum absolute atomic E-state index is 12.6. The molecule has 0 aromatic heterocycles. The third kappa shape index (κ3) is 75.5. The quantitative estimate of drug-likeness (QED) is 0.0320. The number of hydrogen-bond acceptors (Lipinski definition) is 5. The van der Waals surface area contributed by atoms with Crippen LogP contribution < -0.4 is 5.32 Å². The summed E-state index contributed by atoms with van der Waals surface area (Å²) in [5.41, 5.74) is 0. The van der Waals surface area contributed by atoms with E-state index in [1.165, 1.54) is 405 Å². The fourth-order valence-corrected chi connectivity index (χ4v) is 13.5. The Bertz CT molecular complexity index is 1350. The van der Waals surface area contributed by atoms with Crippen LogP contribution in [0.3, 0.4) is 0 Å². The zero-order valence-corrected chi connectivity index (χ0v) is 61.0. The average molecular weight is 1260 g/mol. The number of carbonyl (C=O) groups excluding carboxylic acids is 2. The highest BCUT2D eigenvalue weighted by Gasteiger charge is 2.20. The van der Waals surface area contributed by atoms with Gasteiger partial charge in [-0.15, -0.1) is 0 Å². The molecule has 0 aromatic carbocycles. The molecule has 6 nitrogen and oxygen atoms in total. The summed E-state index contributed by atoms with van der Waals surface area (Å²) in [6.07, 6.45) is 100. The first-order chi connectivity index (χ1) is 44.0.